The molecule has 8 heteroatoms. The molecule has 1 amide bonds. The zero-order chi connectivity index (χ0) is 20.2. The zero-order valence-electron chi connectivity index (χ0n) is 15.7. The summed E-state index contributed by atoms with van der Waals surface area (Å²) >= 11 is 0. The van der Waals surface area contributed by atoms with Gasteiger partial charge in [-0.2, -0.15) is 4.31 Å². The number of sulfonamides is 1. The van der Waals surface area contributed by atoms with Crippen molar-refractivity contribution in [3.63, 3.8) is 0 Å². The molecule has 0 bridgehead atoms. The lowest BCUT2D eigenvalue weighted by Gasteiger charge is -2.19. The number of ether oxygens (including phenoxy) is 1. The number of nitrogens with zero attached hydrogens (tertiary/aromatic N) is 1. The molecular formula is C19H23FN2O4S. The molecule has 1 N–H and O–H groups in total. The molecule has 0 spiro atoms. The molecule has 2 aromatic rings. The molecule has 0 heterocycles. The van der Waals surface area contributed by atoms with Crippen LogP contribution in [-0.4, -0.2) is 38.8 Å². The summed E-state index contributed by atoms with van der Waals surface area (Å²) in [6.07, 6.45) is 0. The number of aryl methyl sites for hydroxylation is 1. The van der Waals surface area contributed by atoms with Gasteiger partial charge in [0.25, 0.3) is 5.91 Å². The van der Waals surface area contributed by atoms with Crippen molar-refractivity contribution in [1.29, 1.82) is 0 Å². The van der Waals surface area contributed by atoms with Crippen molar-refractivity contribution in [3.8, 4) is 5.75 Å². The quantitative estimate of drug-likeness (QED) is 0.781. The van der Waals surface area contributed by atoms with Gasteiger partial charge in [-0.3, -0.25) is 4.79 Å². The van der Waals surface area contributed by atoms with Crippen LogP contribution in [0.5, 0.6) is 5.75 Å². The van der Waals surface area contributed by atoms with E-state index in [9.17, 15) is 17.6 Å². The first-order valence-corrected chi connectivity index (χ1v) is 9.94. The average molecular weight is 394 g/mol. The van der Waals surface area contributed by atoms with Crippen LogP contribution in [0.25, 0.3) is 0 Å². The molecule has 2 rings (SSSR count). The van der Waals surface area contributed by atoms with Crippen LogP contribution in [0.4, 0.5) is 10.1 Å². The lowest BCUT2D eigenvalue weighted by Crippen LogP contribution is -2.30. The minimum absolute atomic E-state index is 0.0392. The minimum Gasteiger partial charge on any atom is -0.495 e. The maximum Gasteiger partial charge on any atom is 0.255 e. The van der Waals surface area contributed by atoms with Crippen LogP contribution < -0.4 is 10.1 Å². The molecule has 0 saturated carbocycles. The number of nitrogens with one attached hydrogen (secondary N) is 1. The lowest BCUT2D eigenvalue weighted by molar-refractivity contribution is 0.102. The highest BCUT2D eigenvalue weighted by atomic mass is 32.2. The van der Waals surface area contributed by atoms with Crippen LogP contribution >= 0.6 is 0 Å². The van der Waals surface area contributed by atoms with Crippen LogP contribution in [0.1, 0.15) is 29.8 Å². The van der Waals surface area contributed by atoms with Gasteiger partial charge in [0, 0.05) is 18.7 Å². The monoisotopic (exact) mass is 394 g/mol. The average Bonchev–Trinajstić information content (AvgIpc) is 2.64. The van der Waals surface area contributed by atoms with Crippen molar-refractivity contribution in [3.05, 3.63) is 53.3 Å². The van der Waals surface area contributed by atoms with Crippen molar-refractivity contribution < 1.29 is 22.3 Å². The zero-order valence-corrected chi connectivity index (χ0v) is 16.6. The molecule has 6 nitrogen and oxygen atoms in total. The van der Waals surface area contributed by atoms with Gasteiger partial charge in [0.15, 0.2) is 0 Å². The summed E-state index contributed by atoms with van der Waals surface area (Å²) in [7, 11) is -2.28. The maximum absolute atomic E-state index is 13.7. The molecule has 0 aromatic heterocycles. The first-order chi connectivity index (χ1) is 12.7. The van der Waals surface area contributed by atoms with Crippen molar-refractivity contribution in [2.24, 2.45) is 0 Å². The van der Waals surface area contributed by atoms with E-state index in [2.05, 4.69) is 5.32 Å². The SMILES string of the molecule is CCN(CC)S(=O)(=O)c1ccc(OC)c(NC(=O)c2ccc(C)c(F)c2)c1. The first-order valence-electron chi connectivity index (χ1n) is 8.50. The number of methoxy groups -OCH3 is 1. The third-order valence-corrected chi connectivity index (χ3v) is 6.24. The molecule has 0 aliphatic carbocycles. The second kappa shape index (κ2) is 8.49. The molecular weight excluding hydrogens is 371 g/mol. The Labute approximate surface area is 159 Å². The van der Waals surface area contributed by atoms with Gasteiger partial charge >= 0.3 is 0 Å². The molecule has 0 saturated heterocycles. The van der Waals surface area contributed by atoms with E-state index >= 15 is 0 Å². The molecule has 0 atom stereocenters. The van der Waals surface area contributed by atoms with Gasteiger partial charge in [0.05, 0.1) is 17.7 Å². The van der Waals surface area contributed by atoms with Crippen LogP contribution in [0.3, 0.4) is 0 Å². The summed E-state index contributed by atoms with van der Waals surface area (Å²) in [5, 5.41) is 2.60. The van der Waals surface area contributed by atoms with Gasteiger partial charge in [-0.1, -0.05) is 19.9 Å². The van der Waals surface area contributed by atoms with E-state index in [0.717, 1.165) is 6.07 Å². The molecule has 0 unspecified atom stereocenters. The number of hydrogen-bond donors (Lipinski definition) is 1. The number of carbonyl (C=O) groups excluding carboxylic acids is 1. The largest absolute Gasteiger partial charge is 0.495 e. The molecule has 146 valence electrons. The van der Waals surface area contributed by atoms with Crippen molar-refractivity contribution in [1.82, 2.24) is 4.31 Å². The number of anilines is 1. The van der Waals surface area contributed by atoms with Gasteiger partial charge in [-0.25, -0.2) is 12.8 Å². The smallest absolute Gasteiger partial charge is 0.255 e. The minimum atomic E-state index is -3.69. The fourth-order valence-electron chi connectivity index (χ4n) is 2.59. The standard InChI is InChI=1S/C19H23FN2O4S/c1-5-22(6-2)27(24,25)15-9-10-18(26-4)17(12-15)21-19(23)14-8-7-13(3)16(20)11-14/h7-12H,5-6H2,1-4H3,(H,21,23). The van der Waals surface area contributed by atoms with Crippen molar-refractivity contribution in [2.45, 2.75) is 25.7 Å². The second-order valence-electron chi connectivity index (χ2n) is 5.87. The summed E-state index contributed by atoms with van der Waals surface area (Å²) < 4.78 is 45.7. The number of halogens is 1. The van der Waals surface area contributed by atoms with E-state index in [0.29, 0.717) is 24.4 Å². The van der Waals surface area contributed by atoms with Gasteiger partial charge in [-0.05, 0) is 42.8 Å². The predicted octanol–water partition coefficient (Wildman–Crippen LogP) is 3.43. The highest BCUT2D eigenvalue weighted by Crippen LogP contribution is 2.29. The van der Waals surface area contributed by atoms with E-state index in [-0.39, 0.29) is 16.1 Å². The van der Waals surface area contributed by atoms with E-state index in [4.69, 9.17) is 4.74 Å². The van der Waals surface area contributed by atoms with Crippen molar-refractivity contribution in [2.75, 3.05) is 25.5 Å². The van der Waals surface area contributed by atoms with E-state index in [1.165, 1.54) is 41.7 Å². The number of rotatable bonds is 7. The molecule has 0 fully saturated rings. The molecule has 2 aromatic carbocycles. The Bertz CT molecular complexity index is 941. The maximum atomic E-state index is 13.7. The van der Waals surface area contributed by atoms with Gasteiger partial charge in [0.2, 0.25) is 10.0 Å². The highest BCUT2D eigenvalue weighted by molar-refractivity contribution is 7.89. The molecule has 0 radical (unpaired) electrons. The Morgan fingerprint density at radius 1 is 1.15 bits per heavy atom. The number of carbonyl (C=O) groups is 1. The van der Waals surface area contributed by atoms with E-state index in [1.807, 2.05) is 0 Å². The number of benzene rings is 2. The van der Waals surface area contributed by atoms with E-state index in [1.54, 1.807) is 20.8 Å². The summed E-state index contributed by atoms with van der Waals surface area (Å²) in [5.41, 5.74) is 0.741. The summed E-state index contributed by atoms with van der Waals surface area (Å²) in [6, 6.07) is 8.37. The van der Waals surface area contributed by atoms with Crippen LogP contribution in [0.15, 0.2) is 41.3 Å². The normalized spacial score (nSPS) is 11.5. The van der Waals surface area contributed by atoms with Gasteiger partial charge < -0.3 is 10.1 Å². The number of hydrogen-bond acceptors (Lipinski definition) is 4. The summed E-state index contributed by atoms with van der Waals surface area (Å²) in [6.45, 7) is 5.75. The Morgan fingerprint density at radius 2 is 1.81 bits per heavy atom. The lowest BCUT2D eigenvalue weighted by atomic mass is 10.1. The Morgan fingerprint density at radius 3 is 2.37 bits per heavy atom. The van der Waals surface area contributed by atoms with Crippen LogP contribution in [-0.2, 0) is 10.0 Å². The van der Waals surface area contributed by atoms with Crippen LogP contribution in [0, 0.1) is 12.7 Å². The number of amides is 1. The Balaban J connectivity index is 2.40. The molecule has 0 aliphatic heterocycles. The van der Waals surface area contributed by atoms with Gasteiger partial charge in [0.1, 0.15) is 11.6 Å². The fraction of sp³-hybridized carbons (Fsp3) is 0.316. The van der Waals surface area contributed by atoms with Crippen LogP contribution in [0.2, 0.25) is 0 Å². The first kappa shape index (κ1) is 20.9. The Hall–Kier alpha value is -2.45. The fourth-order valence-corrected chi connectivity index (χ4v) is 4.07. The third-order valence-electron chi connectivity index (χ3n) is 4.20. The van der Waals surface area contributed by atoms with E-state index < -0.39 is 21.7 Å². The molecule has 0 aliphatic rings. The highest BCUT2D eigenvalue weighted by Gasteiger charge is 2.23. The Kier molecular flexibility index (Phi) is 6.56. The summed E-state index contributed by atoms with van der Waals surface area (Å²) in [4.78, 5) is 12.5. The summed E-state index contributed by atoms with van der Waals surface area (Å²) in [5.74, 6) is -0.758. The predicted molar refractivity (Wildman–Crippen MR) is 102 cm³/mol. The van der Waals surface area contributed by atoms with Gasteiger partial charge in [-0.15, -0.1) is 0 Å². The topological polar surface area (TPSA) is 75.7 Å². The van der Waals surface area contributed by atoms with Crippen molar-refractivity contribution >= 4 is 21.6 Å². The molecule has 27 heavy (non-hydrogen) atoms. The third kappa shape index (κ3) is 4.45. The second-order valence-corrected chi connectivity index (χ2v) is 7.81.